The maximum Gasteiger partial charge on any atom is 0.265 e. The summed E-state index contributed by atoms with van der Waals surface area (Å²) in [7, 11) is 0. The topological polar surface area (TPSA) is 63.0 Å². The van der Waals surface area contributed by atoms with Crippen molar-refractivity contribution in [1.82, 2.24) is 0 Å². The number of anilines is 2. The van der Waals surface area contributed by atoms with E-state index in [0.717, 1.165) is 5.69 Å². The van der Waals surface area contributed by atoms with Crippen molar-refractivity contribution >= 4 is 23.2 Å². The van der Waals surface area contributed by atoms with Gasteiger partial charge in [-0.3, -0.25) is 9.59 Å². The van der Waals surface area contributed by atoms with Gasteiger partial charge in [-0.25, -0.2) is 0 Å². The minimum atomic E-state index is -0.149. The largest absolute Gasteiger partial charge is 0.482 e. The molecule has 142 valence electrons. The molecular weight excluding hydrogens is 356 g/mol. The van der Waals surface area contributed by atoms with Crippen LogP contribution in [0.1, 0.15) is 12.2 Å². The van der Waals surface area contributed by atoms with E-state index in [-0.39, 0.29) is 24.8 Å². The molecular formula is C22H20N2O4. The van der Waals surface area contributed by atoms with Gasteiger partial charge in [0.2, 0.25) is 5.91 Å². The van der Waals surface area contributed by atoms with Gasteiger partial charge in [-0.05, 0) is 36.4 Å². The highest BCUT2D eigenvalue weighted by Gasteiger charge is 2.26. The molecule has 2 aromatic carbocycles. The van der Waals surface area contributed by atoms with Crippen LogP contribution in [0.25, 0.3) is 0 Å². The Morgan fingerprint density at radius 3 is 2.57 bits per heavy atom. The van der Waals surface area contributed by atoms with Crippen molar-refractivity contribution in [3.63, 3.8) is 0 Å². The van der Waals surface area contributed by atoms with Gasteiger partial charge >= 0.3 is 0 Å². The number of hydrogen-bond acceptors (Lipinski definition) is 4. The second-order valence-corrected chi connectivity index (χ2v) is 6.45. The summed E-state index contributed by atoms with van der Waals surface area (Å²) in [6.07, 6.45) is 1.78. The van der Waals surface area contributed by atoms with E-state index in [1.165, 1.54) is 0 Å². The predicted octanol–water partition coefficient (Wildman–Crippen LogP) is 3.63. The molecule has 0 atom stereocenters. The SMILES string of the molecule is O=C(CCN1C(=O)COc2ccccc21)N(Cc1ccco1)c1ccccc1. The Hall–Kier alpha value is -3.54. The van der Waals surface area contributed by atoms with Crippen molar-refractivity contribution in [3.05, 3.63) is 78.8 Å². The maximum absolute atomic E-state index is 13.0. The summed E-state index contributed by atoms with van der Waals surface area (Å²) in [5.74, 6) is 1.12. The smallest absolute Gasteiger partial charge is 0.265 e. The lowest BCUT2D eigenvalue weighted by Crippen LogP contribution is -2.41. The molecule has 6 heteroatoms. The molecule has 0 radical (unpaired) electrons. The first-order valence-corrected chi connectivity index (χ1v) is 9.12. The van der Waals surface area contributed by atoms with Crippen LogP contribution >= 0.6 is 0 Å². The van der Waals surface area contributed by atoms with E-state index >= 15 is 0 Å². The van der Waals surface area contributed by atoms with Crippen molar-refractivity contribution in [3.8, 4) is 5.75 Å². The molecule has 0 N–H and O–H groups in total. The Labute approximate surface area is 162 Å². The van der Waals surface area contributed by atoms with Gasteiger partial charge in [0.05, 0.1) is 18.5 Å². The van der Waals surface area contributed by atoms with E-state index in [4.69, 9.17) is 9.15 Å². The number of ether oxygens (including phenoxy) is 1. The highest BCUT2D eigenvalue weighted by Crippen LogP contribution is 2.31. The average Bonchev–Trinajstić information content (AvgIpc) is 3.25. The fourth-order valence-corrected chi connectivity index (χ4v) is 3.23. The second kappa shape index (κ2) is 8.00. The van der Waals surface area contributed by atoms with Crippen LogP contribution in [0.3, 0.4) is 0 Å². The number of hydrogen-bond donors (Lipinski definition) is 0. The van der Waals surface area contributed by atoms with E-state index < -0.39 is 0 Å². The van der Waals surface area contributed by atoms with Crippen molar-refractivity contribution in [1.29, 1.82) is 0 Å². The van der Waals surface area contributed by atoms with Crippen LogP contribution in [-0.2, 0) is 16.1 Å². The molecule has 6 nitrogen and oxygen atoms in total. The van der Waals surface area contributed by atoms with Crippen LogP contribution in [-0.4, -0.2) is 25.0 Å². The molecule has 0 fully saturated rings. The summed E-state index contributed by atoms with van der Waals surface area (Å²) in [6.45, 7) is 0.614. The summed E-state index contributed by atoms with van der Waals surface area (Å²) in [5.41, 5.74) is 1.49. The molecule has 3 aromatic rings. The Morgan fingerprint density at radius 1 is 1.00 bits per heavy atom. The number of nitrogens with zero attached hydrogens (tertiary/aromatic N) is 2. The molecule has 1 aliphatic rings. The summed E-state index contributed by atoms with van der Waals surface area (Å²) in [5, 5.41) is 0. The molecule has 1 aromatic heterocycles. The van der Waals surface area contributed by atoms with Gasteiger partial charge in [-0.15, -0.1) is 0 Å². The first-order chi connectivity index (χ1) is 13.7. The third-order valence-corrected chi connectivity index (χ3v) is 4.62. The third kappa shape index (κ3) is 3.76. The van der Waals surface area contributed by atoms with E-state index in [2.05, 4.69) is 0 Å². The molecule has 0 saturated carbocycles. The summed E-state index contributed by atoms with van der Waals surface area (Å²) in [6, 6.07) is 20.4. The van der Waals surface area contributed by atoms with E-state index in [1.807, 2.05) is 60.7 Å². The van der Waals surface area contributed by atoms with Crippen LogP contribution in [0.15, 0.2) is 77.4 Å². The molecule has 0 aliphatic carbocycles. The van der Waals surface area contributed by atoms with E-state index in [1.54, 1.807) is 22.1 Å². The summed E-state index contributed by atoms with van der Waals surface area (Å²) in [4.78, 5) is 28.7. The number of furan rings is 1. The van der Waals surface area contributed by atoms with Gasteiger partial charge in [0.1, 0.15) is 11.5 Å². The Kier molecular flexibility index (Phi) is 5.10. The fourth-order valence-electron chi connectivity index (χ4n) is 3.23. The number of para-hydroxylation sites is 3. The van der Waals surface area contributed by atoms with Crippen molar-refractivity contribution < 1.29 is 18.7 Å². The zero-order valence-corrected chi connectivity index (χ0v) is 15.3. The number of rotatable bonds is 6. The number of amides is 2. The molecule has 0 unspecified atom stereocenters. The summed E-state index contributed by atoms with van der Waals surface area (Å²) >= 11 is 0. The Bertz CT molecular complexity index is 954. The monoisotopic (exact) mass is 376 g/mol. The van der Waals surface area contributed by atoms with Gasteiger partial charge in [0.15, 0.2) is 6.61 Å². The second-order valence-electron chi connectivity index (χ2n) is 6.45. The highest BCUT2D eigenvalue weighted by molar-refractivity contribution is 5.99. The van der Waals surface area contributed by atoms with Gasteiger partial charge in [0, 0.05) is 18.7 Å². The van der Waals surface area contributed by atoms with Crippen molar-refractivity contribution in [2.45, 2.75) is 13.0 Å². The zero-order chi connectivity index (χ0) is 19.3. The van der Waals surface area contributed by atoms with Crippen molar-refractivity contribution in [2.75, 3.05) is 23.0 Å². The molecule has 28 heavy (non-hydrogen) atoms. The quantitative estimate of drug-likeness (QED) is 0.659. The molecule has 1 aliphatic heterocycles. The zero-order valence-electron chi connectivity index (χ0n) is 15.3. The van der Waals surface area contributed by atoms with Crippen LogP contribution in [0.5, 0.6) is 5.75 Å². The van der Waals surface area contributed by atoms with Crippen molar-refractivity contribution in [2.24, 2.45) is 0 Å². The minimum Gasteiger partial charge on any atom is -0.482 e. The summed E-state index contributed by atoms with van der Waals surface area (Å²) < 4.78 is 10.9. The number of fused-ring (bicyclic) bond motifs is 1. The lowest BCUT2D eigenvalue weighted by molar-refractivity contribution is -0.121. The minimum absolute atomic E-state index is 0.0139. The molecule has 0 bridgehead atoms. The standard InChI is InChI=1S/C22H20N2O4/c25-21(12-13-23-19-10-4-5-11-20(19)28-16-22(23)26)24(15-18-9-6-14-27-18)17-7-2-1-3-8-17/h1-11,14H,12-13,15-16H2. The molecule has 2 heterocycles. The Morgan fingerprint density at radius 2 is 1.79 bits per heavy atom. The van der Waals surface area contributed by atoms with Gasteiger partial charge in [-0.1, -0.05) is 30.3 Å². The number of carbonyl (C=O) groups is 2. The molecule has 0 saturated heterocycles. The van der Waals surface area contributed by atoms with Gasteiger partial charge < -0.3 is 19.0 Å². The first-order valence-electron chi connectivity index (χ1n) is 9.12. The molecule has 4 rings (SSSR count). The first kappa shape index (κ1) is 17.9. The fraction of sp³-hybridized carbons (Fsp3) is 0.182. The van der Waals surface area contributed by atoms with Gasteiger partial charge in [-0.2, -0.15) is 0 Å². The van der Waals surface area contributed by atoms with Crippen LogP contribution < -0.4 is 14.5 Å². The highest BCUT2D eigenvalue weighted by atomic mass is 16.5. The van der Waals surface area contributed by atoms with Gasteiger partial charge in [0.25, 0.3) is 5.91 Å². The number of benzene rings is 2. The number of carbonyl (C=O) groups excluding carboxylic acids is 2. The van der Waals surface area contributed by atoms with Crippen LogP contribution in [0.4, 0.5) is 11.4 Å². The maximum atomic E-state index is 13.0. The predicted molar refractivity (Wildman–Crippen MR) is 105 cm³/mol. The van der Waals surface area contributed by atoms with Crippen LogP contribution in [0.2, 0.25) is 0 Å². The lowest BCUT2D eigenvalue weighted by Gasteiger charge is -2.30. The molecule has 2 amide bonds. The van der Waals surface area contributed by atoms with E-state index in [9.17, 15) is 9.59 Å². The average molecular weight is 376 g/mol. The third-order valence-electron chi connectivity index (χ3n) is 4.62. The lowest BCUT2D eigenvalue weighted by atomic mass is 10.2. The molecule has 0 spiro atoms. The van der Waals surface area contributed by atoms with Crippen LogP contribution in [0, 0.1) is 0 Å². The van der Waals surface area contributed by atoms with E-state index in [0.29, 0.717) is 30.3 Å². The normalized spacial score (nSPS) is 13.0. The Balaban J connectivity index is 1.51.